The van der Waals surface area contributed by atoms with Gasteiger partial charge in [-0.3, -0.25) is 0 Å². The van der Waals surface area contributed by atoms with Gasteiger partial charge in [0.25, 0.3) is 0 Å². The van der Waals surface area contributed by atoms with Gasteiger partial charge in [0.15, 0.2) is 4.60 Å². The van der Waals surface area contributed by atoms with Gasteiger partial charge in [-0.1, -0.05) is 12.1 Å². The molecule has 18 heavy (non-hydrogen) atoms. The largest absolute Gasteiger partial charge is 0.467 e. The SMILES string of the molecule is CCCNC(c1occc1C)c1c(Br)nnn1C. The number of halogens is 1. The van der Waals surface area contributed by atoms with Crippen LogP contribution in [-0.4, -0.2) is 21.5 Å². The summed E-state index contributed by atoms with van der Waals surface area (Å²) in [5.74, 6) is 0.912. The minimum absolute atomic E-state index is 0.0330. The Hall–Kier alpha value is -1.14. The molecule has 2 aromatic rings. The van der Waals surface area contributed by atoms with Crippen LogP contribution in [0.1, 0.15) is 36.4 Å². The van der Waals surface area contributed by atoms with Crippen molar-refractivity contribution in [1.82, 2.24) is 20.3 Å². The molecule has 0 radical (unpaired) electrons. The second kappa shape index (κ2) is 5.67. The van der Waals surface area contributed by atoms with Crippen LogP contribution in [0.2, 0.25) is 0 Å². The molecule has 2 rings (SSSR count). The zero-order valence-electron chi connectivity index (χ0n) is 10.8. The predicted molar refractivity (Wildman–Crippen MR) is 72.3 cm³/mol. The van der Waals surface area contributed by atoms with Crippen molar-refractivity contribution < 1.29 is 4.42 Å². The molecule has 1 atom stereocenters. The van der Waals surface area contributed by atoms with Gasteiger partial charge in [-0.15, -0.1) is 5.10 Å². The average Bonchev–Trinajstić information content (AvgIpc) is 2.90. The Morgan fingerprint density at radius 2 is 2.33 bits per heavy atom. The third kappa shape index (κ3) is 2.49. The fourth-order valence-corrected chi connectivity index (χ4v) is 2.48. The van der Waals surface area contributed by atoms with Crippen molar-refractivity contribution >= 4 is 15.9 Å². The third-order valence-corrected chi connectivity index (χ3v) is 3.43. The lowest BCUT2D eigenvalue weighted by molar-refractivity contribution is 0.429. The van der Waals surface area contributed by atoms with Crippen LogP contribution in [-0.2, 0) is 7.05 Å². The first kappa shape index (κ1) is 13.3. The van der Waals surface area contributed by atoms with Crippen LogP contribution in [0.25, 0.3) is 0 Å². The summed E-state index contributed by atoms with van der Waals surface area (Å²) < 4.78 is 8.11. The molecule has 0 aliphatic rings. The monoisotopic (exact) mass is 312 g/mol. The molecule has 1 N–H and O–H groups in total. The van der Waals surface area contributed by atoms with Crippen molar-refractivity contribution in [2.24, 2.45) is 7.05 Å². The second-order valence-corrected chi connectivity index (χ2v) is 5.00. The van der Waals surface area contributed by atoms with Gasteiger partial charge in [0.05, 0.1) is 12.0 Å². The molecule has 0 saturated heterocycles. The number of hydrogen-bond acceptors (Lipinski definition) is 4. The second-order valence-electron chi connectivity index (χ2n) is 4.24. The quantitative estimate of drug-likeness (QED) is 0.922. The summed E-state index contributed by atoms with van der Waals surface area (Å²) in [6.07, 6.45) is 2.77. The third-order valence-electron chi connectivity index (χ3n) is 2.86. The molecule has 6 heteroatoms. The lowest BCUT2D eigenvalue weighted by Crippen LogP contribution is -2.25. The fourth-order valence-electron chi connectivity index (χ4n) is 1.93. The predicted octanol–water partition coefficient (Wildman–Crippen LogP) is 2.57. The van der Waals surface area contributed by atoms with Gasteiger partial charge in [-0.25, -0.2) is 4.68 Å². The smallest absolute Gasteiger partial charge is 0.153 e. The van der Waals surface area contributed by atoms with Crippen molar-refractivity contribution in [3.63, 3.8) is 0 Å². The van der Waals surface area contributed by atoms with E-state index in [2.05, 4.69) is 38.5 Å². The number of hydrogen-bond donors (Lipinski definition) is 1. The topological polar surface area (TPSA) is 55.9 Å². The van der Waals surface area contributed by atoms with Crippen molar-refractivity contribution in [2.45, 2.75) is 26.3 Å². The van der Waals surface area contributed by atoms with Gasteiger partial charge in [-0.05, 0) is 47.4 Å². The fraction of sp³-hybridized carbons (Fsp3) is 0.500. The summed E-state index contributed by atoms with van der Waals surface area (Å²) in [4.78, 5) is 0. The van der Waals surface area contributed by atoms with E-state index in [9.17, 15) is 0 Å². The molecule has 0 aromatic carbocycles. The Balaban J connectivity index is 2.40. The van der Waals surface area contributed by atoms with E-state index in [0.29, 0.717) is 0 Å². The summed E-state index contributed by atoms with van der Waals surface area (Å²) in [7, 11) is 1.88. The Bertz CT molecular complexity index is 500. The van der Waals surface area contributed by atoms with Crippen LogP contribution < -0.4 is 5.32 Å². The lowest BCUT2D eigenvalue weighted by atomic mass is 10.1. The highest BCUT2D eigenvalue weighted by Crippen LogP contribution is 2.29. The van der Waals surface area contributed by atoms with Crippen LogP contribution in [0.15, 0.2) is 21.3 Å². The summed E-state index contributed by atoms with van der Waals surface area (Å²) >= 11 is 3.44. The first-order chi connectivity index (χ1) is 8.65. The summed E-state index contributed by atoms with van der Waals surface area (Å²) in [5.41, 5.74) is 2.10. The van der Waals surface area contributed by atoms with Crippen LogP contribution in [0.4, 0.5) is 0 Å². The average molecular weight is 313 g/mol. The van der Waals surface area contributed by atoms with E-state index >= 15 is 0 Å². The molecular weight excluding hydrogens is 296 g/mol. The van der Waals surface area contributed by atoms with Crippen LogP contribution in [0.5, 0.6) is 0 Å². The van der Waals surface area contributed by atoms with E-state index in [0.717, 1.165) is 34.6 Å². The zero-order chi connectivity index (χ0) is 13.1. The number of nitrogens with one attached hydrogen (secondary N) is 1. The van der Waals surface area contributed by atoms with Gasteiger partial charge in [0.1, 0.15) is 11.8 Å². The Kier molecular flexibility index (Phi) is 4.19. The van der Waals surface area contributed by atoms with Gasteiger partial charge in [0, 0.05) is 7.05 Å². The van der Waals surface area contributed by atoms with Gasteiger partial charge < -0.3 is 9.73 Å². The molecule has 0 spiro atoms. The van der Waals surface area contributed by atoms with Crippen LogP contribution in [0.3, 0.4) is 0 Å². The summed E-state index contributed by atoms with van der Waals surface area (Å²) in [6, 6.07) is 1.93. The molecule has 2 heterocycles. The molecule has 0 amide bonds. The molecule has 0 saturated carbocycles. The minimum Gasteiger partial charge on any atom is -0.467 e. The summed E-state index contributed by atoms with van der Waals surface area (Å²) in [6.45, 7) is 5.08. The first-order valence-corrected chi connectivity index (χ1v) is 6.76. The van der Waals surface area contributed by atoms with E-state index in [4.69, 9.17) is 4.42 Å². The van der Waals surface area contributed by atoms with E-state index in [1.807, 2.05) is 20.0 Å². The Labute approximate surface area is 115 Å². The van der Waals surface area contributed by atoms with Crippen LogP contribution >= 0.6 is 15.9 Å². The van der Waals surface area contributed by atoms with Crippen LogP contribution in [0, 0.1) is 6.92 Å². The number of rotatable bonds is 5. The van der Waals surface area contributed by atoms with Crippen molar-refractivity contribution in [3.8, 4) is 0 Å². The normalized spacial score (nSPS) is 12.9. The molecule has 2 aromatic heterocycles. The van der Waals surface area contributed by atoms with E-state index in [-0.39, 0.29) is 6.04 Å². The molecule has 98 valence electrons. The summed E-state index contributed by atoms with van der Waals surface area (Å²) in [5, 5.41) is 11.5. The first-order valence-electron chi connectivity index (χ1n) is 5.97. The van der Waals surface area contributed by atoms with E-state index in [1.54, 1.807) is 10.9 Å². The van der Waals surface area contributed by atoms with Gasteiger partial charge in [0.2, 0.25) is 0 Å². The Morgan fingerprint density at radius 3 is 2.83 bits per heavy atom. The highest BCUT2D eigenvalue weighted by molar-refractivity contribution is 9.10. The minimum atomic E-state index is -0.0330. The number of aromatic nitrogens is 3. The standard InChI is InChI=1S/C12H17BrN4O/c1-4-6-14-9(11-8(2)5-7-18-11)10-12(13)15-16-17(10)3/h5,7,9,14H,4,6H2,1-3H3. The van der Waals surface area contributed by atoms with Gasteiger partial charge in [-0.2, -0.15) is 0 Å². The highest BCUT2D eigenvalue weighted by atomic mass is 79.9. The van der Waals surface area contributed by atoms with Crippen molar-refractivity contribution in [2.75, 3.05) is 6.54 Å². The maximum Gasteiger partial charge on any atom is 0.153 e. The highest BCUT2D eigenvalue weighted by Gasteiger charge is 2.25. The number of aryl methyl sites for hydroxylation is 2. The van der Waals surface area contributed by atoms with Gasteiger partial charge >= 0.3 is 0 Å². The van der Waals surface area contributed by atoms with Crippen molar-refractivity contribution in [1.29, 1.82) is 0 Å². The maximum atomic E-state index is 5.61. The molecule has 0 aliphatic heterocycles. The molecule has 1 unspecified atom stereocenters. The molecule has 0 bridgehead atoms. The zero-order valence-corrected chi connectivity index (χ0v) is 12.4. The molecule has 5 nitrogen and oxygen atoms in total. The van der Waals surface area contributed by atoms with Crippen molar-refractivity contribution in [3.05, 3.63) is 34.0 Å². The van der Waals surface area contributed by atoms with E-state index in [1.165, 1.54) is 0 Å². The Morgan fingerprint density at radius 1 is 1.56 bits per heavy atom. The number of furan rings is 1. The molecular formula is C12H17BrN4O. The van der Waals surface area contributed by atoms with E-state index < -0.39 is 0 Å². The number of nitrogens with zero attached hydrogens (tertiary/aromatic N) is 3. The molecule has 0 aliphatic carbocycles. The molecule has 0 fully saturated rings. The maximum absolute atomic E-state index is 5.61. The lowest BCUT2D eigenvalue weighted by Gasteiger charge is -2.17.